The highest BCUT2D eigenvalue weighted by atomic mass is 79.9. The van der Waals surface area contributed by atoms with E-state index < -0.39 is 0 Å². The third-order valence-corrected chi connectivity index (χ3v) is 3.67. The molecule has 0 aromatic carbocycles. The van der Waals surface area contributed by atoms with Crippen molar-refractivity contribution in [1.82, 2.24) is 9.78 Å². The van der Waals surface area contributed by atoms with Gasteiger partial charge in [-0.05, 0) is 41.1 Å². The standard InChI is InChI=1S/C10H15BrN2O/c1-3-7-8(11)9(12-13(7)2)10(14)6-4-5-6/h6,10,14H,3-5H2,1-2H3/t10-/m1/s1. The van der Waals surface area contributed by atoms with E-state index in [4.69, 9.17) is 0 Å². The Morgan fingerprint density at radius 3 is 2.71 bits per heavy atom. The lowest BCUT2D eigenvalue weighted by Gasteiger charge is -2.05. The number of hydrogen-bond acceptors (Lipinski definition) is 2. The monoisotopic (exact) mass is 258 g/mol. The van der Waals surface area contributed by atoms with Gasteiger partial charge in [-0.2, -0.15) is 5.10 Å². The largest absolute Gasteiger partial charge is 0.386 e. The van der Waals surface area contributed by atoms with Gasteiger partial charge < -0.3 is 5.11 Å². The van der Waals surface area contributed by atoms with Crippen LogP contribution in [-0.2, 0) is 13.5 Å². The third kappa shape index (κ3) is 1.61. The van der Waals surface area contributed by atoms with Crippen molar-refractivity contribution in [2.75, 3.05) is 0 Å². The van der Waals surface area contributed by atoms with Crippen molar-refractivity contribution in [1.29, 1.82) is 0 Å². The van der Waals surface area contributed by atoms with Crippen molar-refractivity contribution in [2.45, 2.75) is 32.3 Å². The first-order chi connectivity index (χ1) is 6.65. The summed E-state index contributed by atoms with van der Waals surface area (Å²) < 4.78 is 2.84. The Hall–Kier alpha value is -0.350. The fraction of sp³-hybridized carbons (Fsp3) is 0.700. The highest BCUT2D eigenvalue weighted by Gasteiger charge is 2.34. The highest BCUT2D eigenvalue weighted by molar-refractivity contribution is 9.10. The Balaban J connectivity index is 2.33. The molecular weight excluding hydrogens is 244 g/mol. The van der Waals surface area contributed by atoms with Gasteiger partial charge >= 0.3 is 0 Å². The Bertz CT molecular complexity index is 344. The van der Waals surface area contributed by atoms with E-state index in [9.17, 15) is 5.11 Å². The van der Waals surface area contributed by atoms with E-state index in [0.29, 0.717) is 5.92 Å². The van der Waals surface area contributed by atoms with Crippen molar-refractivity contribution < 1.29 is 5.11 Å². The average Bonchev–Trinajstić information content (AvgIpc) is 2.93. The zero-order valence-electron chi connectivity index (χ0n) is 8.50. The number of hydrogen-bond donors (Lipinski definition) is 1. The summed E-state index contributed by atoms with van der Waals surface area (Å²) in [7, 11) is 1.92. The van der Waals surface area contributed by atoms with E-state index >= 15 is 0 Å². The third-order valence-electron chi connectivity index (χ3n) is 2.81. The molecule has 14 heavy (non-hydrogen) atoms. The fourth-order valence-electron chi connectivity index (χ4n) is 1.76. The number of aromatic nitrogens is 2. The molecule has 0 bridgehead atoms. The predicted molar refractivity (Wildman–Crippen MR) is 58.0 cm³/mol. The first-order valence-electron chi connectivity index (χ1n) is 5.04. The summed E-state index contributed by atoms with van der Waals surface area (Å²) in [4.78, 5) is 0. The molecule has 0 spiro atoms. The number of aliphatic hydroxyl groups is 1. The van der Waals surface area contributed by atoms with Crippen LogP contribution in [-0.4, -0.2) is 14.9 Å². The summed E-state index contributed by atoms with van der Waals surface area (Å²) >= 11 is 3.52. The molecule has 1 atom stereocenters. The number of nitrogens with zero attached hydrogens (tertiary/aromatic N) is 2. The van der Waals surface area contributed by atoms with Crippen molar-refractivity contribution >= 4 is 15.9 Å². The van der Waals surface area contributed by atoms with Crippen LogP contribution in [0.4, 0.5) is 0 Å². The average molecular weight is 259 g/mol. The van der Waals surface area contributed by atoms with Crippen LogP contribution in [0, 0.1) is 5.92 Å². The maximum Gasteiger partial charge on any atom is 0.106 e. The molecule has 0 saturated heterocycles. The summed E-state index contributed by atoms with van der Waals surface area (Å²) in [5, 5.41) is 14.3. The van der Waals surface area contributed by atoms with Crippen LogP contribution in [0.25, 0.3) is 0 Å². The zero-order chi connectivity index (χ0) is 10.3. The Morgan fingerprint density at radius 2 is 2.29 bits per heavy atom. The van der Waals surface area contributed by atoms with Crippen molar-refractivity contribution in [3.8, 4) is 0 Å². The van der Waals surface area contributed by atoms with Crippen LogP contribution in [0.5, 0.6) is 0 Å². The van der Waals surface area contributed by atoms with Gasteiger partial charge in [0.05, 0.1) is 10.2 Å². The van der Waals surface area contributed by atoms with Gasteiger partial charge in [-0.25, -0.2) is 0 Å². The molecule has 3 nitrogen and oxygen atoms in total. The van der Waals surface area contributed by atoms with E-state index in [0.717, 1.165) is 35.1 Å². The van der Waals surface area contributed by atoms with Gasteiger partial charge in [0.25, 0.3) is 0 Å². The second kappa shape index (κ2) is 3.66. The molecule has 2 rings (SSSR count). The van der Waals surface area contributed by atoms with Crippen LogP contribution in [0.2, 0.25) is 0 Å². The van der Waals surface area contributed by atoms with Gasteiger partial charge in [0.2, 0.25) is 0 Å². The summed E-state index contributed by atoms with van der Waals surface area (Å²) in [5.41, 5.74) is 1.96. The maximum absolute atomic E-state index is 9.97. The molecule has 1 aliphatic carbocycles. The van der Waals surface area contributed by atoms with Crippen LogP contribution < -0.4 is 0 Å². The van der Waals surface area contributed by atoms with Gasteiger partial charge in [0.1, 0.15) is 11.8 Å². The lowest BCUT2D eigenvalue weighted by atomic mass is 10.1. The van der Waals surface area contributed by atoms with E-state index in [2.05, 4.69) is 28.0 Å². The fourth-order valence-corrected chi connectivity index (χ4v) is 2.61. The molecule has 1 saturated carbocycles. The maximum atomic E-state index is 9.97. The van der Waals surface area contributed by atoms with Crippen molar-refractivity contribution in [2.24, 2.45) is 13.0 Å². The van der Waals surface area contributed by atoms with Gasteiger partial charge in [-0.3, -0.25) is 4.68 Å². The molecule has 1 fully saturated rings. The summed E-state index contributed by atoms with van der Waals surface area (Å²) in [6, 6.07) is 0. The van der Waals surface area contributed by atoms with E-state index in [1.165, 1.54) is 0 Å². The summed E-state index contributed by atoms with van der Waals surface area (Å²) in [6.45, 7) is 2.09. The SMILES string of the molecule is CCc1c(Br)c([C@H](O)C2CC2)nn1C. The Labute approximate surface area is 92.2 Å². The molecule has 1 heterocycles. The highest BCUT2D eigenvalue weighted by Crippen LogP contribution is 2.42. The lowest BCUT2D eigenvalue weighted by molar-refractivity contribution is 0.147. The molecule has 1 aromatic rings. The second-order valence-corrected chi connectivity index (χ2v) is 4.70. The Morgan fingerprint density at radius 1 is 1.64 bits per heavy atom. The topological polar surface area (TPSA) is 38.1 Å². The van der Waals surface area contributed by atoms with E-state index in [1.54, 1.807) is 0 Å². The number of aliphatic hydroxyl groups excluding tert-OH is 1. The molecule has 4 heteroatoms. The summed E-state index contributed by atoms with van der Waals surface area (Å²) in [6.07, 6.45) is 2.81. The smallest absolute Gasteiger partial charge is 0.106 e. The zero-order valence-corrected chi connectivity index (χ0v) is 10.1. The first-order valence-corrected chi connectivity index (χ1v) is 5.83. The van der Waals surface area contributed by atoms with Crippen LogP contribution in [0.15, 0.2) is 4.47 Å². The first kappa shape index (κ1) is 10.2. The molecule has 1 aliphatic rings. The molecule has 78 valence electrons. The molecular formula is C10H15BrN2O. The molecule has 0 aliphatic heterocycles. The second-order valence-electron chi connectivity index (χ2n) is 3.91. The number of aryl methyl sites for hydroxylation is 1. The minimum atomic E-state index is -0.379. The van der Waals surface area contributed by atoms with Crippen LogP contribution in [0.3, 0.4) is 0 Å². The minimum Gasteiger partial charge on any atom is -0.386 e. The quantitative estimate of drug-likeness (QED) is 0.903. The predicted octanol–water partition coefficient (Wildman–Crippen LogP) is 2.19. The molecule has 1 N–H and O–H groups in total. The van der Waals surface area contributed by atoms with Crippen LogP contribution >= 0.6 is 15.9 Å². The molecule has 1 aromatic heterocycles. The van der Waals surface area contributed by atoms with Crippen LogP contribution in [0.1, 0.15) is 37.3 Å². The van der Waals surface area contributed by atoms with Gasteiger partial charge in [0.15, 0.2) is 0 Å². The lowest BCUT2D eigenvalue weighted by Crippen LogP contribution is -2.02. The number of rotatable bonds is 3. The van der Waals surface area contributed by atoms with E-state index in [1.807, 2.05) is 11.7 Å². The van der Waals surface area contributed by atoms with E-state index in [-0.39, 0.29) is 6.10 Å². The molecule has 0 radical (unpaired) electrons. The minimum absolute atomic E-state index is 0.379. The molecule has 0 unspecified atom stereocenters. The normalized spacial score (nSPS) is 18.6. The van der Waals surface area contributed by atoms with Gasteiger partial charge in [-0.1, -0.05) is 6.92 Å². The van der Waals surface area contributed by atoms with Crippen molar-refractivity contribution in [3.05, 3.63) is 15.9 Å². The van der Waals surface area contributed by atoms with Crippen molar-refractivity contribution in [3.63, 3.8) is 0 Å². The number of halogens is 1. The van der Waals surface area contributed by atoms with Gasteiger partial charge in [0, 0.05) is 7.05 Å². The Kier molecular flexibility index (Phi) is 2.66. The summed E-state index contributed by atoms with van der Waals surface area (Å²) in [5.74, 6) is 0.436. The van der Waals surface area contributed by atoms with Gasteiger partial charge in [-0.15, -0.1) is 0 Å². The molecule has 0 amide bonds.